The first kappa shape index (κ1) is 13.9. The Labute approximate surface area is 115 Å². The zero-order valence-corrected chi connectivity index (χ0v) is 12.0. The van der Waals surface area contributed by atoms with E-state index in [1.165, 1.54) is 11.3 Å². The Morgan fingerprint density at radius 3 is 2.89 bits per heavy atom. The predicted octanol–water partition coefficient (Wildman–Crippen LogP) is 1.64. The molecule has 0 aromatic heterocycles. The van der Waals surface area contributed by atoms with Gasteiger partial charge in [0, 0.05) is 31.9 Å². The summed E-state index contributed by atoms with van der Waals surface area (Å²) in [5.41, 5.74) is 2.48. The van der Waals surface area contributed by atoms with Crippen molar-refractivity contribution < 1.29 is 4.79 Å². The molecule has 0 fully saturated rings. The summed E-state index contributed by atoms with van der Waals surface area (Å²) in [5.74, 6) is 0.181. The van der Waals surface area contributed by atoms with Gasteiger partial charge in [-0.1, -0.05) is 18.2 Å². The first-order valence-electron chi connectivity index (χ1n) is 6.92. The molecule has 104 valence electrons. The van der Waals surface area contributed by atoms with Crippen LogP contribution in [0.1, 0.15) is 24.9 Å². The van der Waals surface area contributed by atoms with Crippen molar-refractivity contribution in [3.63, 3.8) is 0 Å². The van der Waals surface area contributed by atoms with E-state index < -0.39 is 0 Å². The van der Waals surface area contributed by atoms with E-state index in [0.717, 1.165) is 19.5 Å². The molecular weight excluding hydrogens is 238 g/mol. The highest BCUT2D eigenvalue weighted by atomic mass is 16.2. The van der Waals surface area contributed by atoms with Gasteiger partial charge >= 0.3 is 0 Å². The van der Waals surface area contributed by atoms with E-state index in [2.05, 4.69) is 28.4 Å². The van der Waals surface area contributed by atoms with Crippen molar-refractivity contribution in [2.45, 2.75) is 19.4 Å². The molecule has 2 rings (SSSR count). The van der Waals surface area contributed by atoms with Crippen LogP contribution in [0, 0.1) is 0 Å². The summed E-state index contributed by atoms with van der Waals surface area (Å²) in [4.78, 5) is 16.0. The van der Waals surface area contributed by atoms with Crippen molar-refractivity contribution >= 4 is 11.6 Å². The molecule has 1 heterocycles. The number of anilines is 1. The molecule has 1 atom stereocenters. The lowest BCUT2D eigenvalue weighted by molar-refractivity contribution is -0.128. The van der Waals surface area contributed by atoms with Gasteiger partial charge in [-0.3, -0.25) is 4.79 Å². The number of hydrogen-bond acceptors (Lipinski definition) is 3. The fourth-order valence-electron chi connectivity index (χ4n) is 2.56. The number of hydrogen-bond donors (Lipinski definition) is 1. The molecule has 1 aromatic rings. The number of amides is 1. The van der Waals surface area contributed by atoms with Crippen molar-refractivity contribution in [3.05, 3.63) is 29.8 Å². The average molecular weight is 261 g/mol. The van der Waals surface area contributed by atoms with Gasteiger partial charge in [-0.15, -0.1) is 0 Å². The smallest absolute Gasteiger partial charge is 0.241 e. The molecule has 1 aliphatic heterocycles. The maximum atomic E-state index is 12.1. The zero-order chi connectivity index (χ0) is 13.8. The Morgan fingerprint density at radius 2 is 2.21 bits per heavy atom. The lowest BCUT2D eigenvalue weighted by atomic mass is 9.96. The van der Waals surface area contributed by atoms with Gasteiger partial charge in [-0.05, 0) is 32.0 Å². The number of nitrogens with zero attached hydrogens (tertiary/aromatic N) is 2. The molecule has 1 aromatic carbocycles. The standard InChI is InChI=1S/C15H23N3O/c1-4-17(3)15(19)11-18-10-9-13(16-2)12-7-5-6-8-14(12)18/h5-8,13,16H,4,9-11H2,1-3H3. The number of nitrogens with one attached hydrogen (secondary N) is 1. The van der Waals surface area contributed by atoms with E-state index in [1.807, 2.05) is 27.1 Å². The van der Waals surface area contributed by atoms with E-state index in [1.54, 1.807) is 4.90 Å². The van der Waals surface area contributed by atoms with Crippen molar-refractivity contribution in [3.8, 4) is 0 Å². The summed E-state index contributed by atoms with van der Waals surface area (Å²) in [6.07, 6.45) is 1.04. The highest BCUT2D eigenvalue weighted by Crippen LogP contribution is 2.33. The summed E-state index contributed by atoms with van der Waals surface area (Å²) in [6.45, 7) is 4.15. The van der Waals surface area contributed by atoms with Crippen LogP contribution in [-0.2, 0) is 4.79 Å². The molecule has 1 aliphatic rings. The first-order chi connectivity index (χ1) is 9.17. The number of carbonyl (C=O) groups is 1. The minimum Gasteiger partial charge on any atom is -0.362 e. The lowest BCUT2D eigenvalue weighted by Gasteiger charge is -2.36. The van der Waals surface area contributed by atoms with Crippen LogP contribution in [0.25, 0.3) is 0 Å². The molecule has 1 unspecified atom stereocenters. The fourth-order valence-corrected chi connectivity index (χ4v) is 2.56. The van der Waals surface area contributed by atoms with E-state index in [-0.39, 0.29) is 5.91 Å². The molecule has 0 radical (unpaired) electrons. The number of carbonyl (C=O) groups excluding carboxylic acids is 1. The van der Waals surface area contributed by atoms with Crippen LogP contribution >= 0.6 is 0 Å². The molecule has 0 saturated carbocycles. The number of likely N-dealkylation sites (N-methyl/N-ethyl adjacent to an activating group) is 1. The normalized spacial score (nSPS) is 18.1. The van der Waals surface area contributed by atoms with Gasteiger partial charge in [-0.2, -0.15) is 0 Å². The van der Waals surface area contributed by atoms with Gasteiger partial charge in [0.1, 0.15) is 0 Å². The summed E-state index contributed by atoms with van der Waals surface area (Å²) in [7, 11) is 3.85. The average Bonchev–Trinajstić information content (AvgIpc) is 2.46. The summed E-state index contributed by atoms with van der Waals surface area (Å²) in [5, 5.41) is 3.35. The van der Waals surface area contributed by atoms with Gasteiger partial charge in [0.2, 0.25) is 5.91 Å². The summed E-state index contributed by atoms with van der Waals surface area (Å²) < 4.78 is 0. The molecular formula is C15H23N3O. The molecule has 0 aliphatic carbocycles. The molecule has 1 amide bonds. The Balaban J connectivity index is 2.18. The summed E-state index contributed by atoms with van der Waals surface area (Å²) >= 11 is 0. The Hall–Kier alpha value is -1.55. The van der Waals surface area contributed by atoms with Crippen LogP contribution in [0.15, 0.2) is 24.3 Å². The molecule has 4 heteroatoms. The quantitative estimate of drug-likeness (QED) is 0.895. The van der Waals surface area contributed by atoms with E-state index in [4.69, 9.17) is 0 Å². The maximum absolute atomic E-state index is 12.1. The van der Waals surface area contributed by atoms with Gasteiger partial charge in [-0.25, -0.2) is 0 Å². The third-order valence-corrected chi connectivity index (χ3v) is 3.92. The van der Waals surface area contributed by atoms with Crippen molar-refractivity contribution in [2.75, 3.05) is 38.6 Å². The molecule has 0 saturated heterocycles. The molecule has 0 spiro atoms. The molecule has 4 nitrogen and oxygen atoms in total. The second-order valence-electron chi connectivity index (χ2n) is 5.02. The van der Waals surface area contributed by atoms with Gasteiger partial charge in [0.05, 0.1) is 6.54 Å². The number of rotatable bonds is 4. The zero-order valence-electron chi connectivity index (χ0n) is 12.0. The van der Waals surface area contributed by atoms with Crippen LogP contribution in [0.5, 0.6) is 0 Å². The Kier molecular flexibility index (Phi) is 4.43. The number of benzene rings is 1. The van der Waals surface area contributed by atoms with Crippen LogP contribution < -0.4 is 10.2 Å². The predicted molar refractivity (Wildman–Crippen MR) is 78.4 cm³/mol. The molecule has 19 heavy (non-hydrogen) atoms. The number of fused-ring (bicyclic) bond motifs is 1. The lowest BCUT2D eigenvalue weighted by Crippen LogP contribution is -2.42. The minimum atomic E-state index is 0.181. The second-order valence-corrected chi connectivity index (χ2v) is 5.02. The van der Waals surface area contributed by atoms with Crippen LogP contribution in [0.4, 0.5) is 5.69 Å². The van der Waals surface area contributed by atoms with Crippen LogP contribution in [0.2, 0.25) is 0 Å². The van der Waals surface area contributed by atoms with Crippen molar-refractivity contribution in [2.24, 2.45) is 0 Å². The minimum absolute atomic E-state index is 0.181. The molecule has 0 bridgehead atoms. The topological polar surface area (TPSA) is 35.6 Å². The third kappa shape index (κ3) is 2.89. The van der Waals surface area contributed by atoms with E-state index in [9.17, 15) is 4.79 Å². The third-order valence-electron chi connectivity index (χ3n) is 3.92. The second kappa shape index (κ2) is 6.06. The Bertz CT molecular complexity index is 447. The van der Waals surface area contributed by atoms with E-state index >= 15 is 0 Å². The van der Waals surface area contributed by atoms with Crippen molar-refractivity contribution in [1.29, 1.82) is 0 Å². The highest BCUT2D eigenvalue weighted by molar-refractivity contribution is 5.81. The Morgan fingerprint density at radius 1 is 1.47 bits per heavy atom. The van der Waals surface area contributed by atoms with Gasteiger partial charge in [0.25, 0.3) is 0 Å². The largest absolute Gasteiger partial charge is 0.362 e. The van der Waals surface area contributed by atoms with Gasteiger partial charge < -0.3 is 15.1 Å². The first-order valence-corrected chi connectivity index (χ1v) is 6.92. The maximum Gasteiger partial charge on any atom is 0.241 e. The monoisotopic (exact) mass is 261 g/mol. The summed E-state index contributed by atoms with van der Waals surface area (Å²) in [6, 6.07) is 8.76. The number of para-hydroxylation sites is 1. The van der Waals surface area contributed by atoms with Gasteiger partial charge in [0.15, 0.2) is 0 Å². The SMILES string of the molecule is CCN(C)C(=O)CN1CCC(NC)c2ccccc21. The molecule has 1 N–H and O–H groups in total. The van der Waals surface area contributed by atoms with Crippen LogP contribution in [-0.4, -0.2) is 44.5 Å². The van der Waals surface area contributed by atoms with Crippen molar-refractivity contribution in [1.82, 2.24) is 10.2 Å². The highest BCUT2D eigenvalue weighted by Gasteiger charge is 2.25. The van der Waals surface area contributed by atoms with Crippen LogP contribution in [0.3, 0.4) is 0 Å². The fraction of sp³-hybridized carbons (Fsp3) is 0.533. The van der Waals surface area contributed by atoms with E-state index in [0.29, 0.717) is 12.6 Å².